The molecule has 0 unspecified atom stereocenters. The van der Waals surface area contributed by atoms with Gasteiger partial charge in [-0.25, -0.2) is 0 Å². The topological polar surface area (TPSA) is 49.8 Å². The lowest BCUT2D eigenvalue weighted by atomic mass is 10.1. The number of unbranched alkanes of at least 4 members (excludes halogenated alkanes) is 3. The van der Waals surface area contributed by atoms with Crippen molar-refractivity contribution in [3.05, 3.63) is 0 Å². The average Bonchev–Trinajstić information content (AvgIpc) is 3.13. The van der Waals surface area contributed by atoms with Crippen LogP contribution >= 0.6 is 0 Å². The van der Waals surface area contributed by atoms with Crippen molar-refractivity contribution < 1.29 is 14.6 Å². The Kier molecular flexibility index (Phi) is 6.65. The molecule has 4 nitrogen and oxygen atoms in total. The summed E-state index contributed by atoms with van der Waals surface area (Å²) in [7, 11) is 3.57. The number of carbonyl (C=O) groups is 1. The molecule has 0 spiro atoms. The van der Waals surface area contributed by atoms with E-state index in [-0.39, 0.29) is 11.4 Å². The Morgan fingerprint density at radius 3 is 2.50 bits per heavy atom. The average molecular weight is 257 g/mol. The van der Waals surface area contributed by atoms with Crippen LogP contribution in [0.2, 0.25) is 0 Å². The number of hydrogen-bond acceptors (Lipinski definition) is 4. The maximum atomic E-state index is 10.9. The highest BCUT2D eigenvalue weighted by Gasteiger charge is 2.42. The molecule has 0 radical (unpaired) electrons. The zero-order valence-electron chi connectivity index (χ0n) is 11.8. The first kappa shape index (κ1) is 15.4. The first-order valence-electron chi connectivity index (χ1n) is 6.98. The molecule has 0 aliphatic heterocycles. The number of hydrogen-bond donors (Lipinski definition) is 1. The van der Waals surface area contributed by atoms with E-state index in [1.54, 1.807) is 0 Å². The molecular weight excluding hydrogens is 230 g/mol. The number of aliphatic hydroxyl groups is 1. The molecule has 106 valence electrons. The van der Waals surface area contributed by atoms with E-state index in [0.29, 0.717) is 13.0 Å². The molecule has 0 atom stereocenters. The van der Waals surface area contributed by atoms with Gasteiger partial charge in [-0.1, -0.05) is 12.8 Å². The summed E-state index contributed by atoms with van der Waals surface area (Å²) in [6.45, 7) is 2.43. The maximum Gasteiger partial charge on any atom is 0.305 e. The Hall–Kier alpha value is -0.610. The molecule has 0 aromatic heterocycles. The van der Waals surface area contributed by atoms with Gasteiger partial charge >= 0.3 is 5.97 Å². The molecule has 1 saturated carbocycles. The monoisotopic (exact) mass is 257 g/mol. The van der Waals surface area contributed by atoms with Crippen LogP contribution in [0.1, 0.15) is 44.9 Å². The molecule has 0 aromatic carbocycles. The smallest absolute Gasteiger partial charge is 0.305 e. The largest absolute Gasteiger partial charge is 0.469 e. The Bertz CT molecular complexity index is 251. The van der Waals surface area contributed by atoms with Crippen LogP contribution in [0.4, 0.5) is 0 Å². The fourth-order valence-electron chi connectivity index (χ4n) is 2.30. The van der Waals surface area contributed by atoms with E-state index >= 15 is 0 Å². The van der Waals surface area contributed by atoms with E-state index in [9.17, 15) is 9.90 Å². The van der Waals surface area contributed by atoms with Crippen molar-refractivity contribution in [2.75, 3.05) is 33.9 Å². The van der Waals surface area contributed by atoms with Crippen LogP contribution in [0.5, 0.6) is 0 Å². The highest BCUT2D eigenvalue weighted by Crippen LogP contribution is 2.45. The number of nitrogens with zero attached hydrogens (tertiary/aromatic N) is 1. The van der Waals surface area contributed by atoms with Crippen molar-refractivity contribution in [3.8, 4) is 0 Å². The summed E-state index contributed by atoms with van der Waals surface area (Å²) < 4.78 is 4.60. The van der Waals surface area contributed by atoms with Gasteiger partial charge in [0.05, 0.1) is 7.11 Å². The van der Waals surface area contributed by atoms with Gasteiger partial charge in [0.1, 0.15) is 0 Å². The van der Waals surface area contributed by atoms with E-state index in [1.165, 1.54) is 26.4 Å². The number of esters is 1. The van der Waals surface area contributed by atoms with Gasteiger partial charge in [-0.2, -0.15) is 0 Å². The molecule has 18 heavy (non-hydrogen) atoms. The van der Waals surface area contributed by atoms with Gasteiger partial charge in [0.15, 0.2) is 0 Å². The minimum Gasteiger partial charge on any atom is -0.469 e. The quantitative estimate of drug-likeness (QED) is 0.479. The summed E-state index contributed by atoms with van der Waals surface area (Å²) >= 11 is 0. The number of ether oxygens (including phenoxy) is 1. The summed E-state index contributed by atoms with van der Waals surface area (Å²) in [5.41, 5.74) is 0.222. The highest BCUT2D eigenvalue weighted by molar-refractivity contribution is 5.68. The van der Waals surface area contributed by atoms with E-state index in [1.807, 2.05) is 0 Å². The van der Waals surface area contributed by atoms with E-state index in [0.717, 1.165) is 32.4 Å². The molecule has 1 aliphatic carbocycles. The van der Waals surface area contributed by atoms with Gasteiger partial charge in [-0.05, 0) is 39.3 Å². The molecule has 1 N–H and O–H groups in total. The predicted octanol–water partition coefficient (Wildman–Crippen LogP) is 1.81. The van der Waals surface area contributed by atoms with Crippen molar-refractivity contribution in [2.45, 2.75) is 44.9 Å². The fraction of sp³-hybridized carbons (Fsp3) is 0.929. The molecule has 0 bridgehead atoms. The minimum absolute atomic E-state index is 0.106. The molecule has 0 heterocycles. The standard InChI is InChI=1S/C14H27NO3/c1-15(11-14(12-16)8-9-14)10-6-4-3-5-7-13(17)18-2/h16H,3-12H2,1-2H3. The first-order chi connectivity index (χ1) is 8.62. The Labute approximate surface area is 110 Å². The third kappa shape index (κ3) is 5.83. The van der Waals surface area contributed by atoms with Crippen LogP contribution in [-0.2, 0) is 9.53 Å². The molecule has 1 aliphatic rings. The van der Waals surface area contributed by atoms with Crippen LogP contribution < -0.4 is 0 Å². The van der Waals surface area contributed by atoms with Crippen LogP contribution in [0.25, 0.3) is 0 Å². The Balaban J connectivity index is 1.93. The Morgan fingerprint density at radius 1 is 1.28 bits per heavy atom. The molecule has 4 heteroatoms. The second-order valence-corrected chi connectivity index (χ2v) is 5.64. The second-order valence-electron chi connectivity index (χ2n) is 5.64. The molecule has 0 aromatic rings. The van der Waals surface area contributed by atoms with Crippen molar-refractivity contribution in [1.82, 2.24) is 4.90 Å². The van der Waals surface area contributed by atoms with Gasteiger partial charge in [-0.3, -0.25) is 4.79 Å². The van der Waals surface area contributed by atoms with Gasteiger partial charge in [0.25, 0.3) is 0 Å². The van der Waals surface area contributed by atoms with Gasteiger partial charge < -0.3 is 14.7 Å². The van der Waals surface area contributed by atoms with E-state index in [4.69, 9.17) is 0 Å². The molecule has 1 rings (SSSR count). The summed E-state index contributed by atoms with van der Waals surface area (Å²) in [6, 6.07) is 0. The molecular formula is C14H27NO3. The zero-order chi connectivity index (χ0) is 13.4. The number of aliphatic hydroxyl groups excluding tert-OH is 1. The minimum atomic E-state index is -0.106. The van der Waals surface area contributed by atoms with Crippen LogP contribution in [0, 0.1) is 5.41 Å². The number of methoxy groups -OCH3 is 1. The van der Waals surface area contributed by atoms with Gasteiger partial charge in [0, 0.05) is 25.0 Å². The third-order valence-electron chi connectivity index (χ3n) is 3.80. The number of rotatable bonds is 10. The lowest BCUT2D eigenvalue weighted by Gasteiger charge is -2.21. The first-order valence-corrected chi connectivity index (χ1v) is 6.98. The molecule has 0 amide bonds. The third-order valence-corrected chi connectivity index (χ3v) is 3.80. The second kappa shape index (κ2) is 7.74. The van der Waals surface area contributed by atoms with Crippen molar-refractivity contribution in [1.29, 1.82) is 0 Å². The van der Waals surface area contributed by atoms with Crippen molar-refractivity contribution >= 4 is 5.97 Å². The van der Waals surface area contributed by atoms with Crippen molar-refractivity contribution in [3.63, 3.8) is 0 Å². The van der Waals surface area contributed by atoms with E-state index in [2.05, 4.69) is 16.7 Å². The van der Waals surface area contributed by atoms with Crippen LogP contribution in [-0.4, -0.2) is 49.8 Å². The molecule has 1 fully saturated rings. The van der Waals surface area contributed by atoms with Crippen LogP contribution in [0.3, 0.4) is 0 Å². The number of carbonyl (C=O) groups excluding carboxylic acids is 1. The highest BCUT2D eigenvalue weighted by atomic mass is 16.5. The summed E-state index contributed by atoms with van der Waals surface area (Å²) in [5.74, 6) is -0.106. The molecule has 0 saturated heterocycles. The summed E-state index contributed by atoms with van der Waals surface area (Å²) in [4.78, 5) is 13.2. The zero-order valence-corrected chi connectivity index (χ0v) is 11.8. The van der Waals surface area contributed by atoms with Gasteiger partial charge in [-0.15, -0.1) is 0 Å². The van der Waals surface area contributed by atoms with Crippen molar-refractivity contribution in [2.24, 2.45) is 5.41 Å². The lowest BCUT2D eigenvalue weighted by molar-refractivity contribution is -0.140. The van der Waals surface area contributed by atoms with Gasteiger partial charge in [0.2, 0.25) is 0 Å². The Morgan fingerprint density at radius 2 is 1.94 bits per heavy atom. The summed E-state index contributed by atoms with van der Waals surface area (Å²) in [6.07, 6.45) is 7.23. The SMILES string of the molecule is COC(=O)CCCCCCN(C)CC1(CO)CC1. The normalized spacial score (nSPS) is 16.9. The fourth-order valence-corrected chi connectivity index (χ4v) is 2.30. The maximum absolute atomic E-state index is 10.9. The lowest BCUT2D eigenvalue weighted by Crippen LogP contribution is -2.29. The summed E-state index contributed by atoms with van der Waals surface area (Å²) in [5, 5.41) is 9.25. The van der Waals surface area contributed by atoms with Crippen LogP contribution in [0.15, 0.2) is 0 Å². The predicted molar refractivity (Wildman–Crippen MR) is 71.4 cm³/mol. The van der Waals surface area contributed by atoms with E-state index < -0.39 is 0 Å².